The van der Waals surface area contributed by atoms with Crippen molar-refractivity contribution in [3.8, 4) is 0 Å². The second kappa shape index (κ2) is 8.55. The number of hydrogen-bond acceptors (Lipinski definition) is 5. The molecule has 0 heterocycles. The van der Waals surface area contributed by atoms with Crippen LogP contribution in [0.3, 0.4) is 0 Å². The van der Waals surface area contributed by atoms with Crippen molar-refractivity contribution in [2.45, 2.75) is 13.8 Å². The highest BCUT2D eigenvalue weighted by molar-refractivity contribution is 6.38. The summed E-state index contributed by atoms with van der Waals surface area (Å²) in [4.78, 5) is 35.0. The van der Waals surface area contributed by atoms with Crippen LogP contribution in [-0.4, -0.2) is 31.3 Å². The van der Waals surface area contributed by atoms with Crippen LogP contribution in [0.2, 0.25) is 10.0 Å². The molecule has 8 heteroatoms. The Morgan fingerprint density at radius 1 is 1.26 bits per heavy atom. The Kier molecular flexibility index (Phi) is 7.06. The van der Waals surface area contributed by atoms with Crippen LogP contribution in [0.5, 0.6) is 0 Å². The lowest BCUT2D eigenvalue weighted by molar-refractivity contribution is -0.139. The third kappa shape index (κ3) is 4.97. The van der Waals surface area contributed by atoms with Crippen molar-refractivity contribution in [2.24, 2.45) is 0 Å². The van der Waals surface area contributed by atoms with Crippen LogP contribution in [0.1, 0.15) is 24.2 Å². The minimum atomic E-state index is -0.753. The number of Topliss-reactive ketones (excluding diaryl/α,β-unsaturated/α-hetero) is 1. The van der Waals surface area contributed by atoms with Crippen molar-refractivity contribution in [1.82, 2.24) is 5.32 Å². The average Bonchev–Trinajstić information content (AvgIpc) is 2.49. The number of ether oxygens (including phenoxy) is 1. The van der Waals surface area contributed by atoms with Gasteiger partial charge in [0.2, 0.25) is 0 Å². The number of rotatable bonds is 6. The largest absolute Gasteiger partial charge is 0.462 e. The van der Waals surface area contributed by atoms with Crippen LogP contribution < -0.4 is 10.6 Å². The Hall–Kier alpha value is -2.05. The molecule has 1 aromatic rings. The summed E-state index contributed by atoms with van der Waals surface area (Å²) in [6, 6.07) is 2.88. The molecule has 6 nitrogen and oxygen atoms in total. The Labute approximate surface area is 143 Å². The number of esters is 1. The molecule has 0 spiro atoms. The van der Waals surface area contributed by atoms with Gasteiger partial charge in [0, 0.05) is 18.3 Å². The predicted molar refractivity (Wildman–Crippen MR) is 88.9 cm³/mol. The Morgan fingerprint density at radius 2 is 1.91 bits per heavy atom. The standard InChI is InChI=1S/C15H16Cl2N2O4/c1-4-23-15(22)11(8(2)20)7-19-12-6-9(16)5-10(13(12)17)14(21)18-3/h5-7,19H,4H2,1-3H3,(H,18,21). The lowest BCUT2D eigenvalue weighted by Crippen LogP contribution is -2.18. The fourth-order valence-electron chi connectivity index (χ4n) is 1.66. The summed E-state index contributed by atoms with van der Waals surface area (Å²) in [5, 5.41) is 5.53. The smallest absolute Gasteiger partial charge is 0.343 e. The summed E-state index contributed by atoms with van der Waals surface area (Å²) in [7, 11) is 1.46. The number of halogens is 2. The first-order valence-corrected chi connectivity index (χ1v) is 7.43. The molecule has 2 N–H and O–H groups in total. The summed E-state index contributed by atoms with van der Waals surface area (Å²) < 4.78 is 4.80. The third-order valence-electron chi connectivity index (χ3n) is 2.76. The van der Waals surface area contributed by atoms with Crippen molar-refractivity contribution in [3.05, 3.63) is 39.5 Å². The molecule has 0 aliphatic rings. The van der Waals surface area contributed by atoms with E-state index in [2.05, 4.69) is 10.6 Å². The highest BCUT2D eigenvalue weighted by atomic mass is 35.5. The van der Waals surface area contributed by atoms with Gasteiger partial charge in [-0.25, -0.2) is 4.79 Å². The second-order valence-electron chi connectivity index (χ2n) is 4.37. The molecule has 0 aliphatic carbocycles. The minimum absolute atomic E-state index is 0.108. The molecule has 1 aromatic carbocycles. The van der Waals surface area contributed by atoms with Gasteiger partial charge >= 0.3 is 5.97 Å². The Morgan fingerprint density at radius 3 is 2.43 bits per heavy atom. The molecule has 124 valence electrons. The van der Waals surface area contributed by atoms with E-state index in [0.717, 1.165) is 0 Å². The van der Waals surface area contributed by atoms with Gasteiger partial charge in [-0.1, -0.05) is 23.2 Å². The van der Waals surface area contributed by atoms with E-state index in [9.17, 15) is 14.4 Å². The van der Waals surface area contributed by atoms with E-state index in [4.69, 9.17) is 27.9 Å². The molecule has 0 unspecified atom stereocenters. The number of carbonyl (C=O) groups is 3. The molecule has 0 radical (unpaired) electrons. The number of benzene rings is 1. The van der Waals surface area contributed by atoms with E-state index in [1.165, 1.54) is 32.3 Å². The summed E-state index contributed by atoms with van der Waals surface area (Å²) in [6.07, 6.45) is 1.17. The molecule has 0 aliphatic heterocycles. The summed E-state index contributed by atoms with van der Waals surface area (Å²) in [5.74, 6) is -1.64. The van der Waals surface area contributed by atoms with Gasteiger partial charge in [-0.2, -0.15) is 0 Å². The number of nitrogens with one attached hydrogen (secondary N) is 2. The molecule has 1 amide bonds. The highest BCUT2D eigenvalue weighted by Crippen LogP contribution is 2.30. The van der Waals surface area contributed by atoms with Gasteiger partial charge in [0.25, 0.3) is 5.91 Å². The number of amides is 1. The van der Waals surface area contributed by atoms with E-state index < -0.39 is 17.7 Å². The molecular formula is C15H16Cl2N2O4. The fourth-order valence-corrected chi connectivity index (χ4v) is 2.12. The van der Waals surface area contributed by atoms with Crippen molar-refractivity contribution < 1.29 is 19.1 Å². The molecule has 23 heavy (non-hydrogen) atoms. The maximum atomic E-state index is 11.8. The molecule has 0 atom stereocenters. The van der Waals surface area contributed by atoms with E-state index in [0.29, 0.717) is 0 Å². The molecule has 0 fully saturated rings. The zero-order valence-corrected chi connectivity index (χ0v) is 14.3. The van der Waals surface area contributed by atoms with E-state index >= 15 is 0 Å². The molecule has 0 saturated carbocycles. The van der Waals surface area contributed by atoms with E-state index in [1.54, 1.807) is 6.92 Å². The van der Waals surface area contributed by atoms with Crippen LogP contribution >= 0.6 is 23.2 Å². The fraction of sp³-hybridized carbons (Fsp3) is 0.267. The van der Waals surface area contributed by atoms with E-state index in [-0.39, 0.29) is 33.5 Å². The molecular weight excluding hydrogens is 343 g/mol. The maximum Gasteiger partial charge on any atom is 0.343 e. The van der Waals surface area contributed by atoms with Crippen LogP contribution in [0.15, 0.2) is 23.9 Å². The predicted octanol–water partition coefficient (Wildman–Crippen LogP) is 2.80. The van der Waals surface area contributed by atoms with Gasteiger partial charge in [0.05, 0.1) is 22.9 Å². The van der Waals surface area contributed by atoms with Gasteiger partial charge < -0.3 is 15.4 Å². The SMILES string of the molecule is CCOC(=O)C(=CNc1cc(Cl)cc(C(=O)NC)c1Cl)C(C)=O. The zero-order valence-electron chi connectivity index (χ0n) is 12.8. The molecule has 1 rings (SSSR count). The van der Waals surface area contributed by atoms with Crippen molar-refractivity contribution in [3.63, 3.8) is 0 Å². The monoisotopic (exact) mass is 358 g/mol. The van der Waals surface area contributed by atoms with Crippen molar-refractivity contribution in [1.29, 1.82) is 0 Å². The number of hydrogen-bond donors (Lipinski definition) is 2. The topological polar surface area (TPSA) is 84.5 Å². The molecule has 0 saturated heterocycles. The molecule has 0 aromatic heterocycles. The lowest BCUT2D eigenvalue weighted by atomic mass is 10.1. The van der Waals surface area contributed by atoms with Crippen LogP contribution in [0, 0.1) is 0 Å². The third-order valence-corrected chi connectivity index (χ3v) is 3.38. The van der Waals surface area contributed by atoms with Gasteiger partial charge in [0.15, 0.2) is 5.78 Å². The molecule has 0 bridgehead atoms. The summed E-state index contributed by atoms with van der Waals surface area (Å²) >= 11 is 12.1. The Balaban J connectivity index is 3.19. The van der Waals surface area contributed by atoms with Gasteiger partial charge in [-0.3, -0.25) is 9.59 Å². The quantitative estimate of drug-likeness (QED) is 0.353. The number of anilines is 1. The first-order chi connectivity index (χ1) is 10.8. The summed E-state index contributed by atoms with van der Waals surface area (Å²) in [6.45, 7) is 3.01. The first kappa shape index (κ1) is 19.0. The second-order valence-corrected chi connectivity index (χ2v) is 5.19. The maximum absolute atomic E-state index is 11.8. The number of carbonyl (C=O) groups excluding carboxylic acids is 3. The van der Waals surface area contributed by atoms with Gasteiger partial charge in [0.1, 0.15) is 5.57 Å². The zero-order chi connectivity index (χ0) is 17.6. The number of ketones is 1. The van der Waals surface area contributed by atoms with Crippen LogP contribution in [0.4, 0.5) is 5.69 Å². The minimum Gasteiger partial charge on any atom is -0.462 e. The first-order valence-electron chi connectivity index (χ1n) is 6.67. The average molecular weight is 359 g/mol. The van der Waals surface area contributed by atoms with Crippen molar-refractivity contribution in [2.75, 3.05) is 19.0 Å². The highest BCUT2D eigenvalue weighted by Gasteiger charge is 2.17. The van der Waals surface area contributed by atoms with Crippen molar-refractivity contribution >= 4 is 46.5 Å². The van der Waals surface area contributed by atoms with Crippen LogP contribution in [0.25, 0.3) is 0 Å². The van der Waals surface area contributed by atoms with Crippen LogP contribution in [-0.2, 0) is 14.3 Å². The Bertz CT molecular complexity index is 672. The lowest BCUT2D eigenvalue weighted by Gasteiger charge is -2.11. The van der Waals surface area contributed by atoms with Gasteiger partial charge in [-0.15, -0.1) is 0 Å². The normalized spacial score (nSPS) is 10.9. The summed E-state index contributed by atoms with van der Waals surface area (Å²) in [5.41, 5.74) is 0.267. The van der Waals surface area contributed by atoms with E-state index in [1.807, 2.05) is 0 Å². The van der Waals surface area contributed by atoms with Gasteiger partial charge in [-0.05, 0) is 26.0 Å².